The highest BCUT2D eigenvalue weighted by Crippen LogP contribution is 2.39. The molecule has 0 aliphatic rings. The Balaban J connectivity index is 2.40. The van der Waals surface area contributed by atoms with E-state index in [2.05, 4.69) is 10.4 Å². The van der Waals surface area contributed by atoms with Crippen molar-refractivity contribution >= 4 is 17.7 Å². The van der Waals surface area contributed by atoms with Crippen LogP contribution in [0.15, 0.2) is 18.3 Å². The summed E-state index contributed by atoms with van der Waals surface area (Å²) in [7, 11) is 1.62. The lowest BCUT2D eigenvalue weighted by Gasteiger charge is -2.17. The SMILES string of the molecule is CCOC(=O)c1cnn(C)c1NC(=O)c1cc(OCC)c(OCC)c(OCC)c1. The number of ether oxygens (including phenoxy) is 4. The number of rotatable bonds is 10. The smallest absolute Gasteiger partial charge is 0.343 e. The van der Waals surface area contributed by atoms with Gasteiger partial charge < -0.3 is 24.3 Å². The van der Waals surface area contributed by atoms with E-state index in [0.29, 0.717) is 37.1 Å². The van der Waals surface area contributed by atoms with Crippen LogP contribution in [0, 0.1) is 0 Å². The van der Waals surface area contributed by atoms with E-state index in [4.69, 9.17) is 18.9 Å². The van der Waals surface area contributed by atoms with E-state index >= 15 is 0 Å². The van der Waals surface area contributed by atoms with Gasteiger partial charge in [-0.25, -0.2) is 4.79 Å². The molecule has 0 aliphatic carbocycles. The van der Waals surface area contributed by atoms with Gasteiger partial charge in [0.15, 0.2) is 11.5 Å². The summed E-state index contributed by atoms with van der Waals surface area (Å²) < 4.78 is 23.3. The number of carbonyl (C=O) groups is 2. The maximum Gasteiger partial charge on any atom is 0.343 e. The third kappa shape index (κ3) is 5.18. The Hall–Kier alpha value is -3.23. The second-order valence-electron chi connectivity index (χ2n) is 5.81. The van der Waals surface area contributed by atoms with Gasteiger partial charge in [-0.3, -0.25) is 9.48 Å². The number of nitrogens with one attached hydrogen (secondary N) is 1. The van der Waals surface area contributed by atoms with Crippen LogP contribution in [0.4, 0.5) is 5.82 Å². The summed E-state index contributed by atoms with van der Waals surface area (Å²) in [5.41, 5.74) is 0.458. The lowest BCUT2D eigenvalue weighted by Crippen LogP contribution is -2.18. The van der Waals surface area contributed by atoms with Crippen LogP contribution in [0.25, 0.3) is 0 Å². The van der Waals surface area contributed by atoms with Gasteiger partial charge in [0.2, 0.25) is 5.75 Å². The molecule has 1 heterocycles. The molecule has 0 aliphatic heterocycles. The van der Waals surface area contributed by atoms with Crippen molar-refractivity contribution in [1.82, 2.24) is 9.78 Å². The summed E-state index contributed by atoms with van der Waals surface area (Å²) in [6.45, 7) is 8.66. The molecule has 29 heavy (non-hydrogen) atoms. The number of nitrogens with zero attached hydrogens (tertiary/aromatic N) is 2. The van der Waals surface area contributed by atoms with Crippen LogP contribution in [0.5, 0.6) is 17.2 Å². The largest absolute Gasteiger partial charge is 0.490 e. The Morgan fingerprint density at radius 2 is 1.55 bits per heavy atom. The van der Waals surface area contributed by atoms with Gasteiger partial charge in [-0.15, -0.1) is 0 Å². The second kappa shape index (κ2) is 10.4. The van der Waals surface area contributed by atoms with E-state index < -0.39 is 11.9 Å². The summed E-state index contributed by atoms with van der Waals surface area (Å²) in [6, 6.07) is 3.15. The third-order valence-electron chi connectivity index (χ3n) is 3.84. The fourth-order valence-corrected chi connectivity index (χ4v) is 2.64. The van der Waals surface area contributed by atoms with Crippen molar-refractivity contribution in [2.24, 2.45) is 7.05 Å². The Bertz CT molecular complexity index is 835. The summed E-state index contributed by atoms with van der Waals surface area (Å²) in [5, 5.41) is 6.74. The molecule has 0 bridgehead atoms. The van der Waals surface area contributed by atoms with Crippen LogP contribution >= 0.6 is 0 Å². The summed E-state index contributed by atoms with van der Waals surface area (Å²) in [4.78, 5) is 25.0. The lowest BCUT2D eigenvalue weighted by molar-refractivity contribution is 0.0527. The topological polar surface area (TPSA) is 101 Å². The van der Waals surface area contributed by atoms with Crippen LogP contribution in [0.3, 0.4) is 0 Å². The average molecular weight is 405 g/mol. The van der Waals surface area contributed by atoms with Gasteiger partial charge in [0.05, 0.1) is 32.6 Å². The Labute approximate surface area is 169 Å². The third-order valence-corrected chi connectivity index (χ3v) is 3.84. The van der Waals surface area contributed by atoms with E-state index in [9.17, 15) is 9.59 Å². The molecule has 1 aromatic carbocycles. The molecule has 2 aromatic rings. The summed E-state index contributed by atoms with van der Waals surface area (Å²) in [5.74, 6) is 0.470. The molecule has 1 aromatic heterocycles. The fraction of sp³-hybridized carbons (Fsp3) is 0.450. The molecular weight excluding hydrogens is 378 g/mol. The first-order valence-electron chi connectivity index (χ1n) is 9.53. The minimum Gasteiger partial charge on any atom is -0.490 e. The number of hydrogen-bond donors (Lipinski definition) is 1. The molecule has 0 unspecified atom stereocenters. The molecular formula is C20H27N3O6. The molecule has 0 radical (unpaired) electrons. The molecule has 0 saturated carbocycles. The second-order valence-corrected chi connectivity index (χ2v) is 5.81. The van der Waals surface area contributed by atoms with Crippen LogP contribution in [-0.4, -0.2) is 48.1 Å². The maximum atomic E-state index is 12.9. The predicted molar refractivity (Wildman–Crippen MR) is 107 cm³/mol. The van der Waals surface area contributed by atoms with Gasteiger partial charge in [0.1, 0.15) is 11.4 Å². The number of carbonyl (C=O) groups excluding carboxylic acids is 2. The van der Waals surface area contributed by atoms with E-state index in [1.807, 2.05) is 20.8 Å². The Morgan fingerprint density at radius 1 is 0.966 bits per heavy atom. The first-order chi connectivity index (χ1) is 14.0. The molecule has 1 amide bonds. The average Bonchev–Trinajstić information content (AvgIpc) is 3.05. The number of aromatic nitrogens is 2. The van der Waals surface area contributed by atoms with Crippen LogP contribution < -0.4 is 19.5 Å². The number of aryl methyl sites for hydroxylation is 1. The first-order valence-corrected chi connectivity index (χ1v) is 9.53. The number of hydrogen-bond acceptors (Lipinski definition) is 7. The number of anilines is 1. The molecule has 9 heteroatoms. The van der Waals surface area contributed by atoms with Crippen molar-refractivity contribution in [2.45, 2.75) is 27.7 Å². The standard InChI is InChI=1S/C20H27N3O6/c1-6-26-15-10-13(11-16(27-7-2)17(15)28-8-3)19(24)22-18-14(12-21-23(18)5)20(25)29-9-4/h10-12H,6-9H2,1-5H3,(H,22,24). The molecule has 158 valence electrons. The summed E-state index contributed by atoms with van der Waals surface area (Å²) in [6.07, 6.45) is 1.35. The van der Waals surface area contributed by atoms with Crippen LogP contribution in [0.2, 0.25) is 0 Å². The zero-order valence-electron chi connectivity index (χ0n) is 17.4. The van der Waals surface area contributed by atoms with Crippen molar-refractivity contribution in [1.29, 1.82) is 0 Å². The van der Waals surface area contributed by atoms with E-state index in [0.717, 1.165) is 0 Å². The van der Waals surface area contributed by atoms with Crippen molar-refractivity contribution < 1.29 is 28.5 Å². The zero-order chi connectivity index (χ0) is 21.4. The van der Waals surface area contributed by atoms with Gasteiger partial charge in [0, 0.05) is 12.6 Å². The number of esters is 1. The molecule has 0 spiro atoms. The van der Waals surface area contributed by atoms with Crippen molar-refractivity contribution in [3.63, 3.8) is 0 Å². The molecule has 0 saturated heterocycles. The van der Waals surface area contributed by atoms with Gasteiger partial charge in [-0.2, -0.15) is 5.10 Å². The predicted octanol–water partition coefficient (Wildman–Crippen LogP) is 3.05. The van der Waals surface area contributed by atoms with Crippen LogP contribution in [-0.2, 0) is 11.8 Å². The molecule has 0 atom stereocenters. The fourth-order valence-electron chi connectivity index (χ4n) is 2.64. The van der Waals surface area contributed by atoms with Gasteiger partial charge in [-0.05, 0) is 39.8 Å². The van der Waals surface area contributed by atoms with Gasteiger partial charge >= 0.3 is 5.97 Å². The Kier molecular flexibility index (Phi) is 7.88. The highest BCUT2D eigenvalue weighted by Gasteiger charge is 2.22. The zero-order valence-corrected chi connectivity index (χ0v) is 17.4. The molecule has 1 N–H and O–H groups in total. The highest BCUT2D eigenvalue weighted by atomic mass is 16.5. The summed E-state index contributed by atoms with van der Waals surface area (Å²) >= 11 is 0. The minimum atomic E-state index is -0.562. The molecule has 0 fully saturated rings. The Morgan fingerprint density at radius 3 is 2.07 bits per heavy atom. The van der Waals surface area contributed by atoms with Crippen molar-refractivity contribution in [3.8, 4) is 17.2 Å². The maximum absolute atomic E-state index is 12.9. The number of amides is 1. The molecule has 9 nitrogen and oxygen atoms in total. The normalized spacial score (nSPS) is 10.4. The number of benzene rings is 1. The van der Waals surface area contributed by atoms with Crippen molar-refractivity contribution in [2.75, 3.05) is 31.7 Å². The van der Waals surface area contributed by atoms with Crippen LogP contribution in [0.1, 0.15) is 48.4 Å². The monoisotopic (exact) mass is 405 g/mol. The highest BCUT2D eigenvalue weighted by molar-refractivity contribution is 6.07. The first kappa shape index (κ1) is 22.1. The van der Waals surface area contributed by atoms with E-state index in [1.54, 1.807) is 26.1 Å². The quantitative estimate of drug-likeness (QED) is 0.606. The van der Waals surface area contributed by atoms with Crippen molar-refractivity contribution in [3.05, 3.63) is 29.5 Å². The van der Waals surface area contributed by atoms with E-state index in [-0.39, 0.29) is 23.6 Å². The minimum absolute atomic E-state index is 0.170. The van der Waals surface area contributed by atoms with E-state index in [1.165, 1.54) is 10.9 Å². The van der Waals surface area contributed by atoms with Gasteiger partial charge in [-0.1, -0.05) is 0 Å². The van der Waals surface area contributed by atoms with Gasteiger partial charge in [0.25, 0.3) is 5.91 Å². The lowest BCUT2D eigenvalue weighted by atomic mass is 10.1. The molecule has 2 rings (SSSR count).